The molecule has 1 aliphatic heterocycles. The molecule has 1 atom stereocenters. The summed E-state index contributed by atoms with van der Waals surface area (Å²) in [5.74, 6) is 0. The Morgan fingerprint density at radius 3 is 2.62 bits per heavy atom. The predicted molar refractivity (Wildman–Crippen MR) is 67.6 cm³/mol. The first-order valence-corrected chi connectivity index (χ1v) is 6.23. The molecule has 0 fully saturated rings. The van der Waals surface area contributed by atoms with E-state index in [4.69, 9.17) is 16.3 Å². The van der Waals surface area contributed by atoms with Crippen LogP contribution < -0.4 is 0 Å². The van der Waals surface area contributed by atoms with E-state index >= 15 is 0 Å². The fourth-order valence-electron chi connectivity index (χ4n) is 2.04. The van der Waals surface area contributed by atoms with Gasteiger partial charge >= 0.3 is 0 Å². The summed E-state index contributed by atoms with van der Waals surface area (Å²) in [4.78, 5) is 0. The Kier molecular flexibility index (Phi) is 3.27. The quantitative estimate of drug-likeness (QED) is 0.693. The van der Waals surface area contributed by atoms with Crippen molar-refractivity contribution < 1.29 is 4.74 Å². The molecule has 0 spiro atoms. The van der Waals surface area contributed by atoms with Gasteiger partial charge in [-0.2, -0.15) is 0 Å². The van der Waals surface area contributed by atoms with Gasteiger partial charge in [0, 0.05) is 0 Å². The molecule has 0 saturated heterocycles. The maximum Gasteiger partial charge on any atom is 0.0725 e. The molecule has 0 aromatic heterocycles. The Bertz CT molecular complexity index is 379. The lowest BCUT2D eigenvalue weighted by Gasteiger charge is -2.22. The van der Waals surface area contributed by atoms with Crippen LogP contribution in [0.5, 0.6) is 0 Å². The molecule has 0 radical (unpaired) electrons. The van der Waals surface area contributed by atoms with E-state index in [1.165, 1.54) is 16.7 Å². The molecule has 1 nitrogen and oxygen atoms in total. The number of benzene rings is 1. The number of hydrogen-bond donors (Lipinski definition) is 0. The van der Waals surface area contributed by atoms with Crippen LogP contribution in [-0.2, 0) is 18.0 Å². The maximum absolute atomic E-state index is 6.45. The van der Waals surface area contributed by atoms with Gasteiger partial charge in [-0.05, 0) is 28.5 Å². The van der Waals surface area contributed by atoms with Crippen LogP contribution in [0.4, 0.5) is 0 Å². The molecule has 16 heavy (non-hydrogen) atoms. The average Bonchev–Trinajstić information content (AvgIpc) is 2.61. The largest absolute Gasteiger partial charge is 0.372 e. The molecule has 0 aliphatic carbocycles. The van der Waals surface area contributed by atoms with Gasteiger partial charge in [0.2, 0.25) is 0 Å². The molecule has 0 N–H and O–H groups in total. The van der Waals surface area contributed by atoms with Crippen molar-refractivity contribution in [3.63, 3.8) is 0 Å². The van der Waals surface area contributed by atoms with Gasteiger partial charge in [0.1, 0.15) is 0 Å². The van der Waals surface area contributed by atoms with Crippen LogP contribution in [0.3, 0.4) is 0 Å². The third kappa shape index (κ3) is 2.78. The van der Waals surface area contributed by atoms with E-state index in [2.05, 4.69) is 39.0 Å². The van der Waals surface area contributed by atoms with Crippen molar-refractivity contribution >= 4 is 11.6 Å². The summed E-state index contributed by atoms with van der Waals surface area (Å²) in [6.45, 7) is 8.15. The van der Waals surface area contributed by atoms with Gasteiger partial charge in [-0.25, -0.2) is 0 Å². The van der Waals surface area contributed by atoms with Crippen molar-refractivity contribution in [2.24, 2.45) is 5.41 Å². The number of rotatable bonds is 2. The zero-order valence-electron chi connectivity index (χ0n) is 10.2. The maximum atomic E-state index is 6.45. The van der Waals surface area contributed by atoms with Gasteiger partial charge in [-0.3, -0.25) is 0 Å². The highest BCUT2D eigenvalue weighted by Gasteiger charge is 2.20. The molecule has 1 heterocycles. The second-order valence-electron chi connectivity index (χ2n) is 5.75. The van der Waals surface area contributed by atoms with E-state index in [1.54, 1.807) is 0 Å². The molecule has 0 amide bonds. The highest BCUT2D eigenvalue weighted by Crippen LogP contribution is 2.35. The van der Waals surface area contributed by atoms with E-state index < -0.39 is 0 Å². The summed E-state index contributed by atoms with van der Waals surface area (Å²) in [6.07, 6.45) is 0.994. The molecule has 1 aromatic carbocycles. The third-order valence-electron chi connectivity index (χ3n) is 2.90. The zero-order chi connectivity index (χ0) is 11.8. The van der Waals surface area contributed by atoms with Crippen LogP contribution in [0.15, 0.2) is 18.2 Å². The summed E-state index contributed by atoms with van der Waals surface area (Å²) >= 11 is 6.45. The van der Waals surface area contributed by atoms with Crippen LogP contribution in [0.25, 0.3) is 0 Å². The Labute approximate surface area is 103 Å². The summed E-state index contributed by atoms with van der Waals surface area (Å²) in [5, 5.41) is 0.103. The third-order valence-corrected chi connectivity index (χ3v) is 3.31. The van der Waals surface area contributed by atoms with Gasteiger partial charge in [-0.15, -0.1) is 11.6 Å². The Hall–Kier alpha value is -0.530. The summed E-state index contributed by atoms with van der Waals surface area (Å²) in [5.41, 5.74) is 4.10. The fraction of sp³-hybridized carbons (Fsp3) is 0.571. The van der Waals surface area contributed by atoms with Crippen LogP contribution in [-0.4, -0.2) is 0 Å². The van der Waals surface area contributed by atoms with Crippen molar-refractivity contribution in [3.05, 3.63) is 34.9 Å². The predicted octanol–water partition coefficient (Wildman–Crippen LogP) is 4.43. The van der Waals surface area contributed by atoms with Gasteiger partial charge < -0.3 is 4.74 Å². The van der Waals surface area contributed by atoms with E-state index in [1.807, 2.05) is 0 Å². The number of ether oxygens (including phenoxy) is 1. The number of fused-ring (bicyclic) bond motifs is 1. The van der Waals surface area contributed by atoms with Gasteiger partial charge in [0.15, 0.2) is 0 Å². The lowest BCUT2D eigenvalue weighted by Crippen LogP contribution is -2.08. The monoisotopic (exact) mass is 238 g/mol. The highest BCUT2D eigenvalue weighted by molar-refractivity contribution is 6.20. The topological polar surface area (TPSA) is 9.23 Å². The minimum atomic E-state index is 0.103. The number of hydrogen-bond acceptors (Lipinski definition) is 1. The van der Waals surface area contributed by atoms with Crippen LogP contribution in [0, 0.1) is 5.41 Å². The molecular formula is C14H19ClO. The van der Waals surface area contributed by atoms with E-state index in [-0.39, 0.29) is 10.8 Å². The SMILES string of the molecule is CC(C)(C)CC(Cl)c1ccc2c(c1)COC2. The molecule has 1 unspecified atom stereocenters. The van der Waals surface area contributed by atoms with Crippen molar-refractivity contribution in [3.8, 4) is 0 Å². The molecule has 1 aliphatic rings. The van der Waals surface area contributed by atoms with Crippen LogP contribution in [0.1, 0.15) is 49.3 Å². The second-order valence-corrected chi connectivity index (χ2v) is 6.28. The lowest BCUT2D eigenvalue weighted by atomic mass is 9.88. The molecule has 2 heteroatoms. The Balaban J connectivity index is 2.15. The Morgan fingerprint density at radius 1 is 1.25 bits per heavy atom. The first kappa shape index (κ1) is 11.9. The molecular weight excluding hydrogens is 220 g/mol. The molecule has 2 rings (SSSR count). The van der Waals surface area contributed by atoms with Crippen LogP contribution in [0.2, 0.25) is 0 Å². The smallest absolute Gasteiger partial charge is 0.0725 e. The van der Waals surface area contributed by atoms with Crippen LogP contribution >= 0.6 is 11.6 Å². The summed E-state index contributed by atoms with van der Waals surface area (Å²) in [7, 11) is 0. The first-order chi connectivity index (χ1) is 7.46. The standard InChI is InChI=1S/C14H19ClO/c1-14(2,3)7-13(15)10-4-5-11-8-16-9-12(11)6-10/h4-6,13H,7-9H2,1-3H3. The fourth-order valence-corrected chi connectivity index (χ4v) is 2.64. The van der Waals surface area contributed by atoms with Crippen molar-refractivity contribution in [2.75, 3.05) is 0 Å². The number of halogens is 1. The van der Waals surface area contributed by atoms with Gasteiger partial charge in [0.25, 0.3) is 0 Å². The molecule has 88 valence electrons. The highest BCUT2D eigenvalue weighted by atomic mass is 35.5. The lowest BCUT2D eigenvalue weighted by molar-refractivity contribution is 0.134. The minimum Gasteiger partial charge on any atom is -0.372 e. The van der Waals surface area contributed by atoms with E-state index in [0.717, 1.165) is 19.6 Å². The molecule has 0 saturated carbocycles. The van der Waals surface area contributed by atoms with Gasteiger partial charge in [-0.1, -0.05) is 39.0 Å². The van der Waals surface area contributed by atoms with Crippen molar-refractivity contribution in [2.45, 2.75) is 45.8 Å². The van der Waals surface area contributed by atoms with Gasteiger partial charge in [0.05, 0.1) is 18.6 Å². The van der Waals surface area contributed by atoms with E-state index in [9.17, 15) is 0 Å². The summed E-state index contributed by atoms with van der Waals surface area (Å²) < 4.78 is 5.41. The first-order valence-electron chi connectivity index (χ1n) is 5.79. The molecule has 1 aromatic rings. The second kappa shape index (κ2) is 4.38. The molecule has 0 bridgehead atoms. The van der Waals surface area contributed by atoms with Crippen molar-refractivity contribution in [1.29, 1.82) is 0 Å². The summed E-state index contributed by atoms with van der Waals surface area (Å²) in [6, 6.07) is 6.48. The Morgan fingerprint density at radius 2 is 1.94 bits per heavy atom. The van der Waals surface area contributed by atoms with Crippen molar-refractivity contribution in [1.82, 2.24) is 0 Å². The average molecular weight is 239 g/mol. The minimum absolute atomic E-state index is 0.103. The zero-order valence-corrected chi connectivity index (χ0v) is 11.0. The van der Waals surface area contributed by atoms with E-state index in [0.29, 0.717) is 0 Å². The number of alkyl halides is 1. The normalized spacial score (nSPS) is 17.2.